The zero-order valence-electron chi connectivity index (χ0n) is 5.31. The second kappa shape index (κ2) is 3.03. The maximum absolute atomic E-state index is 8.72. The molecule has 0 saturated carbocycles. The Kier molecular flexibility index (Phi) is 3.01. The van der Waals surface area contributed by atoms with Crippen LogP contribution in [0.3, 0.4) is 0 Å². The normalized spacial score (nSPS) is 15.0. The van der Waals surface area contributed by atoms with Crippen LogP contribution in [0.5, 0.6) is 0 Å². The molecule has 0 spiro atoms. The van der Waals surface area contributed by atoms with Crippen LogP contribution in [-0.2, 0) is 0 Å². The monoisotopic (exact) mass is 102 g/mol. The summed E-state index contributed by atoms with van der Waals surface area (Å²) in [5.41, 5.74) is 0. The van der Waals surface area contributed by atoms with Gasteiger partial charge in [-0.25, -0.2) is 0 Å². The highest BCUT2D eigenvalue weighted by Gasteiger charge is 1.97. The highest BCUT2D eigenvalue weighted by Crippen LogP contribution is 2.01. The van der Waals surface area contributed by atoms with Crippen LogP contribution in [0.1, 0.15) is 27.2 Å². The van der Waals surface area contributed by atoms with E-state index in [0.29, 0.717) is 5.92 Å². The molecule has 0 aromatic rings. The summed E-state index contributed by atoms with van der Waals surface area (Å²) in [6, 6.07) is 0. The fraction of sp³-hybridized carbons (Fsp3) is 1.00. The van der Waals surface area contributed by atoms with Gasteiger partial charge < -0.3 is 5.11 Å². The molecule has 1 N–H and O–H groups in total. The van der Waals surface area contributed by atoms with Crippen molar-refractivity contribution < 1.29 is 5.11 Å². The summed E-state index contributed by atoms with van der Waals surface area (Å²) in [4.78, 5) is 0. The molecule has 0 bridgehead atoms. The van der Waals surface area contributed by atoms with Crippen molar-refractivity contribution in [2.75, 3.05) is 0 Å². The van der Waals surface area contributed by atoms with Gasteiger partial charge >= 0.3 is 0 Å². The first kappa shape index (κ1) is 6.96. The molecule has 0 aromatic heterocycles. The molecule has 0 aliphatic heterocycles. The molecule has 0 radical (unpaired) electrons. The van der Waals surface area contributed by atoms with Gasteiger partial charge in [0.1, 0.15) is 0 Å². The summed E-state index contributed by atoms with van der Waals surface area (Å²) in [7, 11) is 0. The van der Waals surface area contributed by atoms with Gasteiger partial charge in [-0.3, -0.25) is 0 Å². The van der Waals surface area contributed by atoms with E-state index in [-0.39, 0.29) is 6.10 Å². The lowest BCUT2D eigenvalue weighted by atomic mass is 10.1. The van der Waals surface area contributed by atoms with E-state index in [1.807, 2.05) is 6.92 Å². The average molecular weight is 102 g/mol. The molecule has 0 amide bonds. The minimum absolute atomic E-state index is 0.125. The van der Waals surface area contributed by atoms with Gasteiger partial charge in [0, 0.05) is 0 Å². The summed E-state index contributed by atoms with van der Waals surface area (Å²) in [5, 5.41) is 8.72. The molecule has 0 aromatic carbocycles. The molecule has 0 unspecified atom stereocenters. The number of rotatable bonds is 2. The van der Waals surface area contributed by atoms with Crippen LogP contribution in [0.15, 0.2) is 0 Å². The maximum Gasteiger partial charge on any atom is 0.0514 e. The van der Waals surface area contributed by atoms with Gasteiger partial charge in [0.15, 0.2) is 0 Å². The minimum Gasteiger partial charge on any atom is -0.393 e. The van der Waals surface area contributed by atoms with Crippen molar-refractivity contribution in [1.29, 1.82) is 0 Å². The third-order valence-electron chi connectivity index (χ3n) is 0.813. The SMILES string of the molecule is CC(C)C[C@H](C)O. The fourth-order valence-electron chi connectivity index (χ4n) is 0.682. The molecule has 44 valence electrons. The van der Waals surface area contributed by atoms with Crippen molar-refractivity contribution in [2.45, 2.75) is 33.3 Å². The summed E-state index contributed by atoms with van der Waals surface area (Å²) < 4.78 is 0. The first-order chi connectivity index (χ1) is 3.13. The van der Waals surface area contributed by atoms with Crippen LogP contribution in [0.25, 0.3) is 0 Å². The topological polar surface area (TPSA) is 20.2 Å². The van der Waals surface area contributed by atoms with Gasteiger partial charge in [0.05, 0.1) is 6.10 Å². The Hall–Kier alpha value is -0.0400. The Morgan fingerprint density at radius 3 is 1.71 bits per heavy atom. The molecular formula is C6H14O. The molecule has 1 nitrogen and oxygen atoms in total. The first-order valence-corrected chi connectivity index (χ1v) is 2.81. The second-order valence-electron chi connectivity index (χ2n) is 2.48. The van der Waals surface area contributed by atoms with Gasteiger partial charge in [-0.2, -0.15) is 0 Å². The standard InChI is InChI=1S/C6H14O/c1-5(2)4-6(3)7/h5-7H,4H2,1-3H3/t6-/m0/s1. The molecule has 0 aliphatic carbocycles. The molecule has 1 heteroatoms. The summed E-state index contributed by atoms with van der Waals surface area (Å²) in [6.45, 7) is 6.03. The number of aliphatic hydroxyl groups is 1. The van der Waals surface area contributed by atoms with Crippen molar-refractivity contribution in [3.8, 4) is 0 Å². The van der Waals surface area contributed by atoms with Crippen molar-refractivity contribution >= 4 is 0 Å². The van der Waals surface area contributed by atoms with E-state index >= 15 is 0 Å². The highest BCUT2D eigenvalue weighted by molar-refractivity contribution is 4.49. The third-order valence-corrected chi connectivity index (χ3v) is 0.813. The first-order valence-electron chi connectivity index (χ1n) is 2.81. The van der Waals surface area contributed by atoms with E-state index in [4.69, 9.17) is 5.11 Å². The van der Waals surface area contributed by atoms with E-state index in [2.05, 4.69) is 13.8 Å². The Labute approximate surface area is 45.4 Å². The number of hydrogen-bond acceptors (Lipinski definition) is 1. The second-order valence-corrected chi connectivity index (χ2v) is 2.48. The van der Waals surface area contributed by atoms with Crippen molar-refractivity contribution in [1.82, 2.24) is 0 Å². The van der Waals surface area contributed by atoms with Crippen molar-refractivity contribution in [3.63, 3.8) is 0 Å². The van der Waals surface area contributed by atoms with E-state index in [0.717, 1.165) is 6.42 Å². The molecule has 0 saturated heterocycles. The van der Waals surface area contributed by atoms with E-state index in [1.165, 1.54) is 0 Å². The van der Waals surface area contributed by atoms with Gasteiger partial charge in [-0.15, -0.1) is 0 Å². The Balaban J connectivity index is 2.95. The van der Waals surface area contributed by atoms with Crippen LogP contribution in [0, 0.1) is 5.92 Å². The van der Waals surface area contributed by atoms with Gasteiger partial charge in [0.25, 0.3) is 0 Å². The maximum atomic E-state index is 8.72. The highest BCUT2D eigenvalue weighted by atomic mass is 16.3. The minimum atomic E-state index is -0.125. The molecule has 0 rings (SSSR count). The quantitative estimate of drug-likeness (QED) is 0.559. The molecular weight excluding hydrogens is 88.1 g/mol. The van der Waals surface area contributed by atoms with Gasteiger partial charge in [-0.1, -0.05) is 13.8 Å². The lowest BCUT2D eigenvalue weighted by Crippen LogP contribution is -2.03. The Bertz CT molecular complexity index is 33.4. The third kappa shape index (κ3) is 5.96. The summed E-state index contributed by atoms with van der Waals surface area (Å²) in [5.74, 6) is 0.625. The van der Waals surface area contributed by atoms with Crippen molar-refractivity contribution in [3.05, 3.63) is 0 Å². The zero-order valence-corrected chi connectivity index (χ0v) is 5.31. The molecule has 7 heavy (non-hydrogen) atoms. The molecule has 0 fully saturated rings. The predicted octanol–water partition coefficient (Wildman–Crippen LogP) is 1.41. The van der Waals surface area contributed by atoms with Crippen LogP contribution in [0.2, 0.25) is 0 Å². The van der Waals surface area contributed by atoms with Crippen molar-refractivity contribution in [2.24, 2.45) is 5.92 Å². The number of hydrogen-bond donors (Lipinski definition) is 1. The fourth-order valence-corrected chi connectivity index (χ4v) is 0.682. The summed E-state index contributed by atoms with van der Waals surface area (Å²) >= 11 is 0. The zero-order chi connectivity index (χ0) is 5.86. The Morgan fingerprint density at radius 2 is 1.71 bits per heavy atom. The largest absolute Gasteiger partial charge is 0.393 e. The van der Waals surface area contributed by atoms with Crippen LogP contribution >= 0.6 is 0 Å². The molecule has 0 heterocycles. The molecule has 1 atom stereocenters. The van der Waals surface area contributed by atoms with E-state index in [1.54, 1.807) is 0 Å². The number of aliphatic hydroxyl groups excluding tert-OH is 1. The van der Waals surface area contributed by atoms with Gasteiger partial charge in [-0.05, 0) is 19.3 Å². The molecule has 0 aliphatic rings. The Morgan fingerprint density at radius 1 is 1.29 bits per heavy atom. The lowest BCUT2D eigenvalue weighted by Gasteiger charge is -2.04. The average Bonchev–Trinajstić information content (AvgIpc) is 1.27. The van der Waals surface area contributed by atoms with Crippen LogP contribution in [0.4, 0.5) is 0 Å². The van der Waals surface area contributed by atoms with Gasteiger partial charge in [0.2, 0.25) is 0 Å². The van der Waals surface area contributed by atoms with E-state index < -0.39 is 0 Å². The smallest absolute Gasteiger partial charge is 0.0514 e. The summed E-state index contributed by atoms with van der Waals surface area (Å²) in [6.07, 6.45) is 0.792. The van der Waals surface area contributed by atoms with E-state index in [9.17, 15) is 0 Å². The predicted molar refractivity (Wildman–Crippen MR) is 31.1 cm³/mol. The van der Waals surface area contributed by atoms with Crippen LogP contribution in [-0.4, -0.2) is 11.2 Å². The lowest BCUT2D eigenvalue weighted by molar-refractivity contribution is 0.168. The van der Waals surface area contributed by atoms with Crippen LogP contribution < -0.4 is 0 Å².